The Hall–Kier alpha value is -1.92. The lowest BCUT2D eigenvalue weighted by Gasteiger charge is -2.28. The van der Waals surface area contributed by atoms with Crippen LogP contribution in [-0.2, 0) is 11.2 Å². The van der Waals surface area contributed by atoms with Gasteiger partial charge in [0, 0.05) is 38.1 Å². The average Bonchev–Trinajstić information content (AvgIpc) is 2.56. The minimum Gasteiger partial charge on any atom is -0.378 e. The Bertz CT molecular complexity index is 604. The van der Waals surface area contributed by atoms with Crippen molar-refractivity contribution >= 4 is 23.2 Å². The van der Waals surface area contributed by atoms with Gasteiger partial charge < -0.3 is 15.0 Å². The molecule has 2 aromatic rings. The Morgan fingerprint density at radius 1 is 1.27 bits per heavy atom. The number of aromatic nitrogens is 3. The summed E-state index contributed by atoms with van der Waals surface area (Å²) in [7, 11) is 0. The number of morpholine rings is 1. The number of nitrogens with one attached hydrogen (secondary N) is 1. The molecule has 1 aliphatic rings. The first-order valence-corrected chi connectivity index (χ1v) is 7.69. The Kier molecular flexibility index (Phi) is 5.03. The molecule has 0 bridgehead atoms. The molecule has 0 aromatic carbocycles. The number of anilines is 2. The van der Waals surface area contributed by atoms with Crippen molar-refractivity contribution in [3.05, 3.63) is 41.4 Å². The highest BCUT2D eigenvalue weighted by Crippen LogP contribution is 2.19. The largest absolute Gasteiger partial charge is 0.378 e. The molecule has 0 aliphatic carbocycles. The minimum atomic E-state index is 0.257. The second kappa shape index (κ2) is 7.38. The van der Waals surface area contributed by atoms with Crippen molar-refractivity contribution < 1.29 is 4.74 Å². The Morgan fingerprint density at radius 2 is 2.14 bits per heavy atom. The van der Waals surface area contributed by atoms with E-state index in [1.54, 1.807) is 6.20 Å². The Balaban J connectivity index is 1.62. The highest BCUT2D eigenvalue weighted by molar-refractivity contribution is 6.28. The molecule has 2 aromatic heterocycles. The SMILES string of the molecule is Clc1nc(NCCc2cccnc2)cc(N2CCOCC2)n1. The summed E-state index contributed by atoms with van der Waals surface area (Å²) in [5, 5.41) is 3.55. The summed E-state index contributed by atoms with van der Waals surface area (Å²) in [6.45, 7) is 3.84. The lowest BCUT2D eigenvalue weighted by molar-refractivity contribution is 0.122. The van der Waals surface area contributed by atoms with Crippen LogP contribution in [0.5, 0.6) is 0 Å². The second-order valence-electron chi connectivity index (χ2n) is 5.02. The van der Waals surface area contributed by atoms with Crippen LogP contribution in [0.2, 0.25) is 5.28 Å². The van der Waals surface area contributed by atoms with Gasteiger partial charge in [-0.3, -0.25) is 4.98 Å². The minimum absolute atomic E-state index is 0.257. The molecule has 6 nitrogen and oxygen atoms in total. The van der Waals surface area contributed by atoms with E-state index in [9.17, 15) is 0 Å². The maximum absolute atomic E-state index is 6.04. The van der Waals surface area contributed by atoms with Gasteiger partial charge in [-0.05, 0) is 29.7 Å². The molecule has 3 rings (SSSR count). The average molecular weight is 320 g/mol. The molecule has 3 heterocycles. The number of hydrogen-bond acceptors (Lipinski definition) is 6. The van der Waals surface area contributed by atoms with Gasteiger partial charge in [0.05, 0.1) is 13.2 Å². The molecular weight excluding hydrogens is 302 g/mol. The fraction of sp³-hybridized carbons (Fsp3) is 0.400. The van der Waals surface area contributed by atoms with Crippen molar-refractivity contribution in [2.45, 2.75) is 6.42 Å². The predicted molar refractivity (Wildman–Crippen MR) is 86.5 cm³/mol. The fourth-order valence-corrected chi connectivity index (χ4v) is 2.51. The fourth-order valence-electron chi connectivity index (χ4n) is 2.33. The van der Waals surface area contributed by atoms with Gasteiger partial charge in [-0.2, -0.15) is 0 Å². The number of nitrogens with zero attached hydrogens (tertiary/aromatic N) is 4. The summed E-state index contributed by atoms with van der Waals surface area (Å²) in [4.78, 5) is 14.8. The van der Waals surface area contributed by atoms with E-state index in [4.69, 9.17) is 16.3 Å². The van der Waals surface area contributed by atoms with E-state index in [1.165, 1.54) is 5.56 Å². The monoisotopic (exact) mass is 319 g/mol. The zero-order valence-electron chi connectivity index (χ0n) is 12.2. The molecule has 7 heteroatoms. The Labute approximate surface area is 134 Å². The van der Waals surface area contributed by atoms with E-state index in [2.05, 4.69) is 31.2 Å². The van der Waals surface area contributed by atoms with Crippen molar-refractivity contribution in [1.82, 2.24) is 15.0 Å². The van der Waals surface area contributed by atoms with Gasteiger partial charge in [-0.25, -0.2) is 9.97 Å². The van der Waals surface area contributed by atoms with E-state index in [-0.39, 0.29) is 5.28 Å². The van der Waals surface area contributed by atoms with E-state index in [0.717, 1.165) is 37.7 Å². The third-order valence-corrected chi connectivity index (χ3v) is 3.63. The van der Waals surface area contributed by atoms with Crippen LogP contribution in [0.25, 0.3) is 0 Å². The third-order valence-electron chi connectivity index (χ3n) is 3.46. The van der Waals surface area contributed by atoms with Crippen LogP contribution in [-0.4, -0.2) is 47.8 Å². The summed E-state index contributed by atoms with van der Waals surface area (Å²) in [5.74, 6) is 1.58. The lowest BCUT2D eigenvalue weighted by atomic mass is 10.2. The van der Waals surface area contributed by atoms with Crippen LogP contribution in [0.4, 0.5) is 11.6 Å². The highest BCUT2D eigenvalue weighted by atomic mass is 35.5. The standard InChI is InChI=1S/C15H18ClN5O/c16-15-19-13(18-5-3-12-2-1-4-17-11-12)10-14(20-15)21-6-8-22-9-7-21/h1-2,4,10-11H,3,5-9H2,(H,18,19,20). The van der Waals surface area contributed by atoms with E-state index in [0.29, 0.717) is 13.2 Å². The third kappa shape index (κ3) is 4.05. The first-order valence-electron chi connectivity index (χ1n) is 7.31. The number of hydrogen-bond donors (Lipinski definition) is 1. The number of ether oxygens (including phenoxy) is 1. The van der Waals surface area contributed by atoms with E-state index >= 15 is 0 Å². The smallest absolute Gasteiger partial charge is 0.226 e. The molecule has 1 N–H and O–H groups in total. The molecule has 1 saturated heterocycles. The Morgan fingerprint density at radius 3 is 2.91 bits per heavy atom. The first kappa shape index (κ1) is 15.0. The molecule has 0 amide bonds. The van der Waals surface area contributed by atoms with Gasteiger partial charge in [0.2, 0.25) is 5.28 Å². The quantitative estimate of drug-likeness (QED) is 0.851. The summed E-state index contributed by atoms with van der Waals surface area (Å²) in [6.07, 6.45) is 4.52. The van der Waals surface area contributed by atoms with Crippen LogP contribution in [0.1, 0.15) is 5.56 Å². The van der Waals surface area contributed by atoms with Crippen molar-refractivity contribution in [2.24, 2.45) is 0 Å². The maximum atomic E-state index is 6.04. The van der Waals surface area contributed by atoms with Crippen molar-refractivity contribution in [3.63, 3.8) is 0 Å². The molecule has 0 atom stereocenters. The summed E-state index contributed by atoms with van der Waals surface area (Å²) in [6, 6.07) is 5.93. The number of rotatable bonds is 5. The first-order chi connectivity index (χ1) is 10.8. The number of pyridine rings is 1. The molecule has 0 unspecified atom stereocenters. The van der Waals surface area contributed by atoms with Crippen LogP contribution < -0.4 is 10.2 Å². The maximum Gasteiger partial charge on any atom is 0.226 e. The van der Waals surface area contributed by atoms with Crippen molar-refractivity contribution in [2.75, 3.05) is 43.1 Å². The highest BCUT2D eigenvalue weighted by Gasteiger charge is 2.14. The molecule has 116 valence electrons. The van der Waals surface area contributed by atoms with Crippen molar-refractivity contribution in [3.8, 4) is 0 Å². The van der Waals surface area contributed by atoms with Gasteiger partial charge in [0.15, 0.2) is 0 Å². The van der Waals surface area contributed by atoms with Gasteiger partial charge in [0.25, 0.3) is 0 Å². The lowest BCUT2D eigenvalue weighted by Crippen LogP contribution is -2.36. The van der Waals surface area contributed by atoms with Gasteiger partial charge in [-0.15, -0.1) is 0 Å². The molecule has 22 heavy (non-hydrogen) atoms. The van der Waals surface area contributed by atoms with Gasteiger partial charge >= 0.3 is 0 Å². The summed E-state index contributed by atoms with van der Waals surface area (Å²) < 4.78 is 5.36. The zero-order chi connectivity index (χ0) is 15.2. The predicted octanol–water partition coefficient (Wildman–Crippen LogP) is 2.02. The van der Waals surface area contributed by atoms with Crippen molar-refractivity contribution in [1.29, 1.82) is 0 Å². The molecular formula is C15H18ClN5O. The van der Waals surface area contributed by atoms with Gasteiger partial charge in [0.1, 0.15) is 11.6 Å². The molecule has 1 fully saturated rings. The second-order valence-corrected chi connectivity index (χ2v) is 5.36. The topological polar surface area (TPSA) is 63.2 Å². The van der Waals surface area contributed by atoms with Crippen LogP contribution in [0.3, 0.4) is 0 Å². The zero-order valence-corrected chi connectivity index (χ0v) is 13.0. The normalized spacial score (nSPS) is 14.9. The molecule has 0 spiro atoms. The summed E-state index contributed by atoms with van der Waals surface area (Å²) in [5.41, 5.74) is 1.18. The molecule has 0 saturated carbocycles. The van der Waals surface area contributed by atoms with E-state index in [1.807, 2.05) is 18.3 Å². The molecule has 0 radical (unpaired) electrons. The van der Waals surface area contributed by atoms with Crippen LogP contribution >= 0.6 is 11.6 Å². The number of halogens is 1. The summed E-state index contributed by atoms with van der Waals surface area (Å²) >= 11 is 6.04. The molecule has 1 aliphatic heterocycles. The van der Waals surface area contributed by atoms with Gasteiger partial charge in [-0.1, -0.05) is 6.07 Å². The van der Waals surface area contributed by atoms with E-state index < -0.39 is 0 Å². The van der Waals surface area contributed by atoms with Crippen LogP contribution in [0.15, 0.2) is 30.6 Å². The van der Waals surface area contributed by atoms with Crippen LogP contribution in [0, 0.1) is 0 Å².